The molecule has 96 valence electrons. The molecule has 1 fully saturated rings. The summed E-state index contributed by atoms with van der Waals surface area (Å²) in [5, 5.41) is 0. The lowest BCUT2D eigenvalue weighted by Crippen LogP contribution is -2.39. The smallest absolute Gasteiger partial charge is 0.00217 e. The Bertz CT molecular complexity index is 172. The van der Waals surface area contributed by atoms with Gasteiger partial charge in [0.25, 0.3) is 0 Å². The average Bonchev–Trinajstić information content (AvgIpc) is 2.29. The summed E-state index contributed by atoms with van der Waals surface area (Å²) >= 11 is 0. The van der Waals surface area contributed by atoms with Crippen LogP contribution < -0.4 is 5.73 Å². The van der Waals surface area contributed by atoms with Crippen LogP contribution in [-0.4, -0.2) is 31.1 Å². The van der Waals surface area contributed by atoms with E-state index in [4.69, 9.17) is 5.73 Å². The van der Waals surface area contributed by atoms with E-state index in [0.29, 0.717) is 0 Å². The third kappa shape index (κ3) is 4.42. The molecule has 0 radical (unpaired) electrons. The van der Waals surface area contributed by atoms with Crippen molar-refractivity contribution in [2.75, 3.05) is 26.2 Å². The van der Waals surface area contributed by atoms with Gasteiger partial charge in [-0.3, -0.25) is 0 Å². The molecule has 1 heterocycles. The fraction of sp³-hybridized carbons (Fsp3) is 1.00. The second-order valence-corrected chi connectivity index (χ2v) is 5.77. The van der Waals surface area contributed by atoms with Gasteiger partial charge >= 0.3 is 0 Å². The van der Waals surface area contributed by atoms with Gasteiger partial charge in [-0.2, -0.15) is 0 Å². The number of nitrogens with two attached hydrogens (primary N) is 1. The minimum Gasteiger partial charge on any atom is -0.330 e. The third-order valence-corrected chi connectivity index (χ3v) is 4.12. The topological polar surface area (TPSA) is 29.3 Å². The third-order valence-electron chi connectivity index (χ3n) is 4.12. The Balaban J connectivity index is 2.25. The molecule has 1 saturated heterocycles. The van der Waals surface area contributed by atoms with Crippen LogP contribution in [0.2, 0.25) is 0 Å². The summed E-state index contributed by atoms with van der Waals surface area (Å²) in [5.41, 5.74) is 5.82. The number of hydrogen-bond donors (Lipinski definition) is 1. The number of hydrogen-bond acceptors (Lipinski definition) is 2. The van der Waals surface area contributed by atoms with Crippen LogP contribution in [0, 0.1) is 17.8 Å². The first-order chi connectivity index (χ1) is 7.67. The van der Waals surface area contributed by atoms with Gasteiger partial charge in [0, 0.05) is 6.54 Å². The highest BCUT2D eigenvalue weighted by molar-refractivity contribution is 4.76. The lowest BCUT2D eigenvalue weighted by atomic mass is 9.86. The lowest BCUT2D eigenvalue weighted by Gasteiger charge is -2.35. The zero-order valence-corrected chi connectivity index (χ0v) is 11.4. The standard InChI is InChI=1S/C14H30N2/c1-4-5-13(10-15)11-16-8-6-14(7-9-16)12(2)3/h12-14H,4-11,15H2,1-3H3. The summed E-state index contributed by atoms with van der Waals surface area (Å²) in [6, 6.07) is 0. The molecule has 0 aliphatic carbocycles. The van der Waals surface area contributed by atoms with Gasteiger partial charge in [0.2, 0.25) is 0 Å². The van der Waals surface area contributed by atoms with E-state index in [0.717, 1.165) is 24.3 Å². The average molecular weight is 226 g/mol. The van der Waals surface area contributed by atoms with E-state index in [9.17, 15) is 0 Å². The van der Waals surface area contributed by atoms with E-state index >= 15 is 0 Å². The quantitative estimate of drug-likeness (QED) is 0.754. The number of rotatable bonds is 6. The first kappa shape index (κ1) is 14.0. The van der Waals surface area contributed by atoms with Crippen LogP contribution in [0.3, 0.4) is 0 Å². The zero-order chi connectivity index (χ0) is 12.0. The second-order valence-electron chi connectivity index (χ2n) is 5.77. The van der Waals surface area contributed by atoms with Crippen molar-refractivity contribution < 1.29 is 0 Å². The van der Waals surface area contributed by atoms with Gasteiger partial charge in [-0.25, -0.2) is 0 Å². The summed E-state index contributed by atoms with van der Waals surface area (Å²) in [6.07, 6.45) is 5.34. The van der Waals surface area contributed by atoms with Gasteiger partial charge in [-0.05, 0) is 56.7 Å². The van der Waals surface area contributed by atoms with E-state index < -0.39 is 0 Å². The molecule has 16 heavy (non-hydrogen) atoms. The van der Waals surface area contributed by atoms with Crippen molar-refractivity contribution >= 4 is 0 Å². The number of nitrogens with zero attached hydrogens (tertiary/aromatic N) is 1. The molecule has 0 spiro atoms. The summed E-state index contributed by atoms with van der Waals surface area (Å²) in [7, 11) is 0. The van der Waals surface area contributed by atoms with E-state index in [1.807, 2.05) is 0 Å². The van der Waals surface area contributed by atoms with Crippen LogP contribution in [0.4, 0.5) is 0 Å². The molecular weight excluding hydrogens is 196 g/mol. The van der Waals surface area contributed by atoms with Crippen molar-refractivity contribution in [3.8, 4) is 0 Å². The van der Waals surface area contributed by atoms with Gasteiger partial charge in [-0.1, -0.05) is 27.2 Å². The molecule has 1 atom stereocenters. The maximum atomic E-state index is 5.82. The molecular formula is C14H30N2. The maximum absolute atomic E-state index is 5.82. The van der Waals surface area contributed by atoms with Crippen molar-refractivity contribution in [3.05, 3.63) is 0 Å². The molecule has 1 unspecified atom stereocenters. The molecule has 2 nitrogen and oxygen atoms in total. The highest BCUT2D eigenvalue weighted by atomic mass is 15.1. The van der Waals surface area contributed by atoms with Crippen molar-refractivity contribution in [2.45, 2.75) is 46.5 Å². The second kappa shape index (κ2) is 7.29. The minimum absolute atomic E-state index is 0.723. The SMILES string of the molecule is CCCC(CN)CN1CCC(C(C)C)CC1. The fourth-order valence-corrected chi connectivity index (χ4v) is 2.86. The molecule has 1 aliphatic rings. The Morgan fingerprint density at radius 3 is 2.31 bits per heavy atom. The molecule has 1 rings (SSSR count). The first-order valence-corrected chi connectivity index (χ1v) is 7.09. The van der Waals surface area contributed by atoms with Crippen molar-refractivity contribution in [2.24, 2.45) is 23.5 Å². The molecule has 2 N–H and O–H groups in total. The molecule has 0 aromatic carbocycles. The Hall–Kier alpha value is -0.0800. The molecule has 1 aliphatic heterocycles. The normalized spacial score (nSPS) is 21.6. The fourth-order valence-electron chi connectivity index (χ4n) is 2.86. The summed E-state index contributed by atoms with van der Waals surface area (Å²) < 4.78 is 0. The largest absolute Gasteiger partial charge is 0.330 e. The van der Waals surface area contributed by atoms with Crippen molar-refractivity contribution in [1.29, 1.82) is 0 Å². The van der Waals surface area contributed by atoms with Crippen LogP contribution in [0.1, 0.15) is 46.5 Å². The van der Waals surface area contributed by atoms with Crippen LogP contribution in [0.25, 0.3) is 0 Å². The van der Waals surface area contributed by atoms with Crippen molar-refractivity contribution in [1.82, 2.24) is 4.90 Å². The Kier molecular flexibility index (Phi) is 6.37. The number of piperidine rings is 1. The molecule has 0 saturated carbocycles. The highest BCUT2D eigenvalue weighted by Crippen LogP contribution is 2.25. The Morgan fingerprint density at radius 1 is 1.25 bits per heavy atom. The highest BCUT2D eigenvalue weighted by Gasteiger charge is 2.22. The van der Waals surface area contributed by atoms with Gasteiger partial charge in [0.05, 0.1) is 0 Å². The van der Waals surface area contributed by atoms with Gasteiger partial charge in [0.15, 0.2) is 0 Å². The molecule has 0 aromatic rings. The predicted octanol–water partition coefficient (Wildman–Crippen LogP) is 2.73. The maximum Gasteiger partial charge on any atom is 0.00217 e. The van der Waals surface area contributed by atoms with Gasteiger partial charge < -0.3 is 10.6 Å². The lowest BCUT2D eigenvalue weighted by molar-refractivity contribution is 0.138. The van der Waals surface area contributed by atoms with Gasteiger partial charge in [-0.15, -0.1) is 0 Å². The van der Waals surface area contributed by atoms with Crippen LogP contribution in [0.5, 0.6) is 0 Å². The molecule has 0 aromatic heterocycles. The van der Waals surface area contributed by atoms with E-state index in [1.165, 1.54) is 45.3 Å². The Labute approximate surface area is 102 Å². The zero-order valence-electron chi connectivity index (χ0n) is 11.4. The molecule has 0 bridgehead atoms. The summed E-state index contributed by atoms with van der Waals surface area (Å²) in [5.74, 6) is 2.54. The minimum atomic E-state index is 0.723. The summed E-state index contributed by atoms with van der Waals surface area (Å²) in [4.78, 5) is 2.63. The van der Waals surface area contributed by atoms with Gasteiger partial charge in [0.1, 0.15) is 0 Å². The Morgan fingerprint density at radius 2 is 1.88 bits per heavy atom. The van der Waals surface area contributed by atoms with Crippen LogP contribution >= 0.6 is 0 Å². The van der Waals surface area contributed by atoms with Crippen LogP contribution in [0.15, 0.2) is 0 Å². The predicted molar refractivity (Wildman–Crippen MR) is 71.5 cm³/mol. The summed E-state index contributed by atoms with van der Waals surface area (Å²) in [6.45, 7) is 11.7. The first-order valence-electron chi connectivity index (χ1n) is 7.09. The van der Waals surface area contributed by atoms with Crippen molar-refractivity contribution in [3.63, 3.8) is 0 Å². The van der Waals surface area contributed by atoms with E-state index in [2.05, 4.69) is 25.7 Å². The number of likely N-dealkylation sites (tertiary alicyclic amines) is 1. The monoisotopic (exact) mass is 226 g/mol. The molecule has 2 heteroatoms. The van der Waals surface area contributed by atoms with E-state index in [1.54, 1.807) is 0 Å². The van der Waals surface area contributed by atoms with E-state index in [-0.39, 0.29) is 0 Å². The molecule has 0 amide bonds. The van der Waals surface area contributed by atoms with Crippen LogP contribution in [-0.2, 0) is 0 Å².